The number of benzene rings is 2. The van der Waals surface area contributed by atoms with Crippen molar-refractivity contribution in [2.45, 2.75) is 26.2 Å². The summed E-state index contributed by atoms with van der Waals surface area (Å²) in [5, 5.41) is 8.12. The fourth-order valence-corrected chi connectivity index (χ4v) is 4.13. The number of hydrogen-bond acceptors (Lipinski definition) is 5. The highest BCUT2D eigenvalue weighted by Crippen LogP contribution is 2.40. The number of rotatable bonds is 5. The van der Waals surface area contributed by atoms with Crippen molar-refractivity contribution < 1.29 is 19.1 Å². The lowest BCUT2D eigenvalue weighted by molar-refractivity contribution is -0.116. The molecule has 160 valence electrons. The predicted octanol–water partition coefficient (Wildman–Crippen LogP) is 4.47. The van der Waals surface area contributed by atoms with Gasteiger partial charge in [0.1, 0.15) is 5.82 Å². The zero-order valence-corrected chi connectivity index (χ0v) is 18.4. The van der Waals surface area contributed by atoms with Crippen LogP contribution in [0.3, 0.4) is 0 Å². The van der Waals surface area contributed by atoms with Gasteiger partial charge in [0.2, 0.25) is 5.91 Å². The number of ether oxygens (including phenoxy) is 2. The zero-order chi connectivity index (χ0) is 22.3. The Balaban J connectivity index is 1.82. The van der Waals surface area contributed by atoms with Gasteiger partial charge in [-0.15, -0.1) is 0 Å². The molecule has 0 saturated carbocycles. The van der Waals surface area contributed by atoms with Crippen molar-refractivity contribution in [3.63, 3.8) is 0 Å². The topological polar surface area (TPSA) is 82.5 Å². The van der Waals surface area contributed by atoms with E-state index in [0.717, 1.165) is 11.3 Å². The Morgan fingerprint density at radius 3 is 2.61 bits per heavy atom. The molecule has 1 aliphatic heterocycles. The average Bonchev–Trinajstić information content (AvgIpc) is 3.09. The first-order valence-corrected chi connectivity index (χ1v) is 10.1. The number of nitrogens with zero attached hydrogens (tertiary/aromatic N) is 2. The quantitative estimate of drug-likeness (QED) is 0.593. The van der Waals surface area contributed by atoms with E-state index in [0.29, 0.717) is 39.2 Å². The van der Waals surface area contributed by atoms with Gasteiger partial charge in [-0.3, -0.25) is 9.59 Å². The van der Waals surface area contributed by atoms with E-state index >= 15 is 0 Å². The van der Waals surface area contributed by atoms with E-state index in [-0.39, 0.29) is 18.1 Å². The number of nitrogens with one attached hydrogen (secondary N) is 1. The molecule has 0 fully saturated rings. The highest BCUT2D eigenvalue weighted by molar-refractivity contribution is 6.31. The predicted molar refractivity (Wildman–Crippen MR) is 118 cm³/mol. The third-order valence-corrected chi connectivity index (χ3v) is 5.96. The first-order chi connectivity index (χ1) is 14.8. The Bertz CT molecular complexity index is 1200. The van der Waals surface area contributed by atoms with Crippen LogP contribution >= 0.6 is 11.6 Å². The van der Waals surface area contributed by atoms with Crippen molar-refractivity contribution in [3.05, 3.63) is 63.8 Å². The minimum Gasteiger partial charge on any atom is -0.493 e. The van der Waals surface area contributed by atoms with E-state index < -0.39 is 5.92 Å². The minimum absolute atomic E-state index is 0.0429. The van der Waals surface area contributed by atoms with E-state index in [4.69, 9.17) is 21.1 Å². The van der Waals surface area contributed by atoms with Crippen LogP contribution in [0.2, 0.25) is 5.02 Å². The molecule has 1 atom stereocenters. The Kier molecular flexibility index (Phi) is 5.45. The van der Waals surface area contributed by atoms with E-state index in [9.17, 15) is 9.59 Å². The number of aromatic nitrogens is 2. The second-order valence-corrected chi connectivity index (χ2v) is 7.79. The molecule has 1 aliphatic rings. The molecule has 1 N–H and O–H groups in total. The first kappa shape index (κ1) is 20.9. The van der Waals surface area contributed by atoms with Crippen LogP contribution in [0.25, 0.3) is 5.69 Å². The number of halogens is 1. The summed E-state index contributed by atoms with van der Waals surface area (Å²) in [6, 6.07) is 10.5. The zero-order valence-electron chi connectivity index (χ0n) is 17.7. The number of carbonyl (C=O) groups is 2. The number of fused-ring (bicyclic) bond motifs is 1. The van der Waals surface area contributed by atoms with Crippen LogP contribution in [0, 0.1) is 13.8 Å². The number of methoxy groups -OCH3 is 2. The fraction of sp³-hybridized carbons (Fsp3) is 0.261. The maximum Gasteiger partial charge on any atom is 0.226 e. The summed E-state index contributed by atoms with van der Waals surface area (Å²) >= 11 is 6.29. The molecule has 2 heterocycles. The highest BCUT2D eigenvalue weighted by Gasteiger charge is 2.36. The molecule has 1 aromatic heterocycles. The monoisotopic (exact) mass is 439 g/mol. The van der Waals surface area contributed by atoms with Crippen LogP contribution in [0.1, 0.15) is 39.5 Å². The molecule has 1 amide bonds. The third kappa shape index (κ3) is 3.55. The van der Waals surface area contributed by atoms with Crippen LogP contribution in [0.4, 0.5) is 5.82 Å². The number of amides is 1. The molecule has 0 radical (unpaired) electrons. The number of carbonyl (C=O) groups excluding carboxylic acids is 2. The van der Waals surface area contributed by atoms with Gasteiger partial charge < -0.3 is 14.8 Å². The summed E-state index contributed by atoms with van der Waals surface area (Å²) in [6.45, 7) is 3.72. The molecule has 31 heavy (non-hydrogen) atoms. The van der Waals surface area contributed by atoms with Gasteiger partial charge >= 0.3 is 0 Å². The average molecular weight is 440 g/mol. The number of hydrogen-bond donors (Lipinski definition) is 1. The summed E-state index contributed by atoms with van der Waals surface area (Å²) in [4.78, 5) is 26.0. The molecule has 4 rings (SSSR count). The lowest BCUT2D eigenvalue weighted by Gasteiger charge is -2.23. The van der Waals surface area contributed by atoms with Gasteiger partial charge in [0.15, 0.2) is 17.3 Å². The van der Waals surface area contributed by atoms with Gasteiger partial charge in [0.05, 0.1) is 31.5 Å². The number of anilines is 1. The molecule has 3 aromatic rings. The Hall–Kier alpha value is -3.32. The third-order valence-electron chi connectivity index (χ3n) is 5.55. The standard InChI is InChI=1S/C23H22ClN3O4/c1-12-16(24)6-5-7-17(12)27-23-21(13(2)26-27)15(11-20(28)25-23)22(29)14-8-9-18(30-3)19(10-14)31-4/h5-10,15H,11H2,1-4H3,(H,25,28). The number of Topliss-reactive ketones (excluding diaryl/α,β-unsaturated/α-hetero) is 1. The normalized spacial score (nSPS) is 15.3. The first-order valence-electron chi connectivity index (χ1n) is 9.76. The minimum atomic E-state index is -0.657. The number of ketones is 1. The molecule has 0 aliphatic carbocycles. The summed E-state index contributed by atoms with van der Waals surface area (Å²) in [7, 11) is 3.05. The van der Waals surface area contributed by atoms with Crippen molar-refractivity contribution >= 4 is 29.1 Å². The summed E-state index contributed by atoms with van der Waals surface area (Å²) in [5.74, 6) is 0.403. The van der Waals surface area contributed by atoms with Crippen LogP contribution < -0.4 is 14.8 Å². The second kappa shape index (κ2) is 8.07. The highest BCUT2D eigenvalue weighted by atomic mass is 35.5. The van der Waals surface area contributed by atoms with E-state index in [2.05, 4.69) is 10.4 Å². The van der Waals surface area contributed by atoms with Crippen LogP contribution in [0.5, 0.6) is 11.5 Å². The van der Waals surface area contributed by atoms with Gasteiger partial charge in [0, 0.05) is 22.6 Å². The summed E-state index contributed by atoms with van der Waals surface area (Å²) < 4.78 is 12.2. The smallest absolute Gasteiger partial charge is 0.226 e. The van der Waals surface area contributed by atoms with E-state index in [1.165, 1.54) is 14.2 Å². The van der Waals surface area contributed by atoms with Crippen molar-refractivity contribution in [3.8, 4) is 17.2 Å². The van der Waals surface area contributed by atoms with Crippen molar-refractivity contribution in [1.29, 1.82) is 0 Å². The maximum absolute atomic E-state index is 13.5. The molecule has 0 bridgehead atoms. The van der Waals surface area contributed by atoms with Crippen molar-refractivity contribution in [2.24, 2.45) is 0 Å². The molecular weight excluding hydrogens is 418 g/mol. The van der Waals surface area contributed by atoms with Crippen LogP contribution in [-0.4, -0.2) is 35.7 Å². The Labute approximate surface area is 184 Å². The van der Waals surface area contributed by atoms with Crippen molar-refractivity contribution in [1.82, 2.24) is 9.78 Å². The largest absolute Gasteiger partial charge is 0.493 e. The molecule has 0 spiro atoms. The number of aryl methyl sites for hydroxylation is 1. The van der Waals surface area contributed by atoms with Crippen LogP contribution in [-0.2, 0) is 4.79 Å². The van der Waals surface area contributed by atoms with Gasteiger partial charge in [-0.25, -0.2) is 4.68 Å². The summed E-state index contributed by atoms with van der Waals surface area (Å²) in [6.07, 6.45) is 0.0429. The maximum atomic E-state index is 13.5. The molecule has 0 saturated heterocycles. The SMILES string of the molecule is COc1ccc(C(=O)C2CC(=O)Nc3c2c(C)nn3-c2cccc(Cl)c2C)cc1OC. The van der Waals surface area contributed by atoms with Gasteiger partial charge in [-0.1, -0.05) is 17.7 Å². The van der Waals surface area contributed by atoms with E-state index in [1.807, 2.05) is 26.0 Å². The lowest BCUT2D eigenvalue weighted by Crippen LogP contribution is -2.28. The second-order valence-electron chi connectivity index (χ2n) is 7.38. The van der Waals surface area contributed by atoms with Crippen LogP contribution in [0.15, 0.2) is 36.4 Å². The molecule has 2 aromatic carbocycles. The molecule has 1 unspecified atom stereocenters. The van der Waals surface area contributed by atoms with Gasteiger partial charge in [-0.05, 0) is 49.7 Å². The molecular formula is C23H22ClN3O4. The Morgan fingerprint density at radius 2 is 1.90 bits per heavy atom. The lowest BCUT2D eigenvalue weighted by atomic mass is 9.85. The van der Waals surface area contributed by atoms with Gasteiger partial charge in [0.25, 0.3) is 0 Å². The Morgan fingerprint density at radius 1 is 1.16 bits per heavy atom. The summed E-state index contributed by atoms with van der Waals surface area (Å²) in [5.41, 5.74) is 3.40. The van der Waals surface area contributed by atoms with E-state index in [1.54, 1.807) is 28.9 Å². The van der Waals surface area contributed by atoms with Crippen molar-refractivity contribution in [2.75, 3.05) is 19.5 Å². The molecule has 7 nitrogen and oxygen atoms in total. The fourth-order valence-electron chi connectivity index (χ4n) is 3.96. The molecule has 8 heteroatoms. The van der Waals surface area contributed by atoms with Gasteiger partial charge in [-0.2, -0.15) is 5.10 Å².